The fourth-order valence-electron chi connectivity index (χ4n) is 1.53. The van der Waals surface area contributed by atoms with Crippen LogP contribution in [0.5, 0.6) is 0 Å². The maximum atomic E-state index is 13.9. The van der Waals surface area contributed by atoms with E-state index in [1.807, 2.05) is 4.72 Å². The third-order valence-electron chi connectivity index (χ3n) is 2.93. The van der Waals surface area contributed by atoms with E-state index < -0.39 is 43.1 Å². The molecule has 0 fully saturated rings. The van der Waals surface area contributed by atoms with Crippen molar-refractivity contribution in [2.75, 3.05) is 24.1 Å². The Kier molecular flexibility index (Phi) is 6.08. The summed E-state index contributed by atoms with van der Waals surface area (Å²) in [4.78, 5) is 10.1. The molecule has 1 rings (SSSR count). The number of aliphatic carboxylic acids is 1. The Balaban J connectivity index is 3.06. The van der Waals surface area contributed by atoms with Gasteiger partial charge in [0.2, 0.25) is 20.0 Å². The van der Waals surface area contributed by atoms with Gasteiger partial charge >= 0.3 is 5.97 Å². The lowest BCUT2D eigenvalue weighted by molar-refractivity contribution is -0.137. The van der Waals surface area contributed by atoms with Crippen LogP contribution in [0.4, 0.5) is 10.1 Å². The molecule has 2 N–H and O–H groups in total. The minimum absolute atomic E-state index is 0.260. The number of rotatable bonds is 8. The van der Waals surface area contributed by atoms with Gasteiger partial charge in [0.1, 0.15) is 5.82 Å². The molecule has 0 aromatic heterocycles. The smallest absolute Gasteiger partial charge is 0.304 e. The third-order valence-corrected chi connectivity index (χ3v) is 6.08. The summed E-state index contributed by atoms with van der Waals surface area (Å²) in [6.45, 7) is 1.10. The average Bonchev–Trinajstić information content (AvgIpc) is 2.46. The van der Waals surface area contributed by atoms with Gasteiger partial charge in [-0.25, -0.2) is 25.5 Å². The highest BCUT2D eigenvalue weighted by atomic mass is 32.2. The van der Waals surface area contributed by atoms with Crippen LogP contribution >= 0.6 is 0 Å². The van der Waals surface area contributed by atoms with Gasteiger partial charge in [-0.1, -0.05) is 0 Å². The first kappa shape index (κ1) is 19.3. The molecule has 0 unspecified atom stereocenters. The van der Waals surface area contributed by atoms with Gasteiger partial charge < -0.3 is 5.11 Å². The number of carboxylic acids is 1. The van der Waals surface area contributed by atoms with Crippen molar-refractivity contribution in [2.45, 2.75) is 18.2 Å². The van der Waals surface area contributed by atoms with Crippen molar-refractivity contribution in [3.63, 3.8) is 0 Å². The Hall–Kier alpha value is -1.72. The zero-order valence-electron chi connectivity index (χ0n) is 12.5. The third kappa shape index (κ3) is 5.15. The van der Waals surface area contributed by atoms with Gasteiger partial charge in [-0.3, -0.25) is 9.52 Å². The van der Waals surface area contributed by atoms with Gasteiger partial charge in [0, 0.05) is 13.6 Å². The SMILES string of the molecule is CCS(=O)(=O)Nc1ccc(S(=O)(=O)N(C)CCC(=O)O)cc1F. The first-order valence-electron chi connectivity index (χ1n) is 6.48. The molecule has 0 amide bonds. The van der Waals surface area contributed by atoms with Crippen LogP contribution in [0.3, 0.4) is 0 Å². The lowest BCUT2D eigenvalue weighted by Gasteiger charge is -2.17. The van der Waals surface area contributed by atoms with Crippen LogP contribution in [0.15, 0.2) is 23.1 Å². The highest BCUT2D eigenvalue weighted by Crippen LogP contribution is 2.22. The summed E-state index contributed by atoms with van der Waals surface area (Å²) in [5.74, 6) is -2.47. The van der Waals surface area contributed by atoms with Crippen molar-refractivity contribution >= 4 is 31.7 Å². The number of halogens is 1. The van der Waals surface area contributed by atoms with Gasteiger partial charge in [0.25, 0.3) is 0 Å². The summed E-state index contributed by atoms with van der Waals surface area (Å²) < 4.78 is 63.9. The number of sulfonamides is 2. The van der Waals surface area contributed by atoms with E-state index in [4.69, 9.17) is 5.11 Å². The van der Waals surface area contributed by atoms with Crippen LogP contribution in [0.2, 0.25) is 0 Å². The van der Waals surface area contributed by atoms with Crippen molar-refractivity contribution in [3.8, 4) is 0 Å². The predicted octanol–water partition coefficient (Wildman–Crippen LogP) is 0.682. The molecule has 0 spiro atoms. The molecule has 1 aromatic carbocycles. The van der Waals surface area contributed by atoms with Crippen molar-refractivity contribution in [1.82, 2.24) is 4.31 Å². The summed E-state index contributed by atoms with van der Waals surface area (Å²) in [5.41, 5.74) is -0.362. The Morgan fingerprint density at radius 3 is 2.39 bits per heavy atom. The number of hydrogen-bond donors (Lipinski definition) is 2. The average molecular weight is 368 g/mol. The molecule has 0 saturated heterocycles. The second kappa shape index (κ2) is 7.23. The molecule has 0 radical (unpaired) electrons. The number of nitrogens with zero attached hydrogens (tertiary/aromatic N) is 1. The zero-order chi connectivity index (χ0) is 17.8. The van der Waals surface area contributed by atoms with E-state index in [1.54, 1.807) is 0 Å². The molecule has 11 heteroatoms. The molecule has 130 valence electrons. The second-order valence-corrected chi connectivity index (χ2v) is 8.67. The van der Waals surface area contributed by atoms with E-state index in [9.17, 15) is 26.0 Å². The summed E-state index contributed by atoms with van der Waals surface area (Å²) in [6, 6.07) is 2.73. The maximum absolute atomic E-state index is 13.9. The molecule has 0 heterocycles. The zero-order valence-corrected chi connectivity index (χ0v) is 14.1. The maximum Gasteiger partial charge on any atom is 0.304 e. The number of carbonyl (C=O) groups is 1. The number of nitrogens with one attached hydrogen (secondary N) is 1. The Labute approximate surface area is 134 Å². The molecule has 0 atom stereocenters. The summed E-state index contributed by atoms with van der Waals surface area (Å²) in [7, 11) is -6.59. The Morgan fingerprint density at radius 2 is 1.91 bits per heavy atom. The minimum atomic E-state index is -4.07. The van der Waals surface area contributed by atoms with Crippen molar-refractivity contribution in [3.05, 3.63) is 24.0 Å². The fraction of sp³-hybridized carbons (Fsp3) is 0.417. The molecular formula is C12H17FN2O6S2. The van der Waals surface area contributed by atoms with Gasteiger partial charge in [-0.15, -0.1) is 0 Å². The first-order valence-corrected chi connectivity index (χ1v) is 9.57. The molecule has 0 aliphatic carbocycles. The lowest BCUT2D eigenvalue weighted by atomic mass is 10.3. The van der Waals surface area contributed by atoms with E-state index >= 15 is 0 Å². The molecule has 1 aromatic rings. The Bertz CT molecular complexity index is 792. The van der Waals surface area contributed by atoms with Crippen molar-refractivity contribution in [2.24, 2.45) is 0 Å². The van der Waals surface area contributed by atoms with E-state index in [2.05, 4.69) is 0 Å². The molecule has 0 aliphatic rings. The second-order valence-electron chi connectivity index (χ2n) is 4.62. The largest absolute Gasteiger partial charge is 0.481 e. The number of anilines is 1. The van der Waals surface area contributed by atoms with E-state index in [1.165, 1.54) is 14.0 Å². The van der Waals surface area contributed by atoms with E-state index in [0.717, 1.165) is 16.4 Å². The highest BCUT2D eigenvalue weighted by Gasteiger charge is 2.23. The summed E-state index contributed by atoms with van der Waals surface area (Å²) >= 11 is 0. The van der Waals surface area contributed by atoms with Crippen LogP contribution in [0.1, 0.15) is 13.3 Å². The van der Waals surface area contributed by atoms with Gasteiger partial charge in [0.15, 0.2) is 0 Å². The quantitative estimate of drug-likeness (QED) is 0.696. The topological polar surface area (TPSA) is 121 Å². The van der Waals surface area contributed by atoms with E-state index in [-0.39, 0.29) is 18.0 Å². The van der Waals surface area contributed by atoms with Gasteiger partial charge in [-0.2, -0.15) is 0 Å². The molecule has 0 bridgehead atoms. The first-order chi connectivity index (χ1) is 10.5. The number of benzene rings is 1. The van der Waals surface area contributed by atoms with Crippen LogP contribution in [0.25, 0.3) is 0 Å². The molecule has 0 saturated carbocycles. The summed E-state index contributed by atoms with van der Waals surface area (Å²) in [5, 5.41) is 8.56. The van der Waals surface area contributed by atoms with Crippen molar-refractivity contribution < 1.29 is 31.1 Å². The van der Waals surface area contributed by atoms with Gasteiger partial charge in [-0.05, 0) is 25.1 Å². The normalized spacial score (nSPS) is 12.3. The Morgan fingerprint density at radius 1 is 1.30 bits per heavy atom. The van der Waals surface area contributed by atoms with Crippen LogP contribution < -0.4 is 4.72 Å². The van der Waals surface area contributed by atoms with Crippen molar-refractivity contribution in [1.29, 1.82) is 0 Å². The lowest BCUT2D eigenvalue weighted by Crippen LogP contribution is -2.29. The van der Waals surface area contributed by atoms with Crippen LogP contribution in [0, 0.1) is 5.82 Å². The number of carboxylic acid groups (broad SMARTS) is 1. The molecule has 23 heavy (non-hydrogen) atoms. The predicted molar refractivity (Wildman–Crippen MR) is 81.6 cm³/mol. The molecule has 8 nitrogen and oxygen atoms in total. The minimum Gasteiger partial charge on any atom is -0.481 e. The highest BCUT2D eigenvalue weighted by molar-refractivity contribution is 7.92. The van der Waals surface area contributed by atoms with Crippen LogP contribution in [-0.4, -0.2) is 51.6 Å². The van der Waals surface area contributed by atoms with Crippen LogP contribution in [-0.2, 0) is 24.8 Å². The van der Waals surface area contributed by atoms with Gasteiger partial charge in [0.05, 0.1) is 22.8 Å². The summed E-state index contributed by atoms with van der Waals surface area (Å²) in [6.07, 6.45) is -0.396. The fourth-order valence-corrected chi connectivity index (χ4v) is 3.36. The van der Waals surface area contributed by atoms with E-state index in [0.29, 0.717) is 6.07 Å². The number of hydrogen-bond acceptors (Lipinski definition) is 5. The standard InChI is InChI=1S/C12H17FN2O6S2/c1-3-22(18,19)14-11-5-4-9(8-10(11)13)23(20,21)15(2)7-6-12(16)17/h4-5,8,14H,3,6-7H2,1-2H3,(H,16,17). The monoisotopic (exact) mass is 368 g/mol. The molecule has 0 aliphatic heterocycles. The molecular weight excluding hydrogens is 351 g/mol.